The topological polar surface area (TPSA) is 56.5 Å². The predicted octanol–water partition coefficient (Wildman–Crippen LogP) is 4.60. The highest BCUT2D eigenvalue weighted by Crippen LogP contribution is 2.26. The molecule has 2 heterocycles. The molecule has 0 bridgehead atoms. The number of thiophene rings is 1. The van der Waals surface area contributed by atoms with E-state index < -0.39 is 5.97 Å². The lowest BCUT2D eigenvalue weighted by Gasteiger charge is -2.01. The Kier molecular flexibility index (Phi) is 4.13. The molecule has 3 aromatic rings. The van der Waals surface area contributed by atoms with E-state index >= 15 is 0 Å². The number of halogens is 1. The summed E-state index contributed by atoms with van der Waals surface area (Å²) in [6, 6.07) is 10.8. The standard InChI is InChI=1S/C16H11BrO4S/c1-9-10-4-2-3-5-12(10)21-15(9)11(18)8-20-16(19)13-6-7-14(17)22-13/h2-7H,8H2,1H3. The quantitative estimate of drug-likeness (QED) is 0.491. The van der Waals surface area contributed by atoms with Gasteiger partial charge in [-0.2, -0.15) is 0 Å². The van der Waals surface area contributed by atoms with Crippen LogP contribution in [0.5, 0.6) is 0 Å². The average Bonchev–Trinajstić information content (AvgIpc) is 3.09. The molecule has 0 spiro atoms. The third-order valence-electron chi connectivity index (χ3n) is 3.21. The van der Waals surface area contributed by atoms with Gasteiger partial charge in [0.2, 0.25) is 5.78 Å². The van der Waals surface area contributed by atoms with Gasteiger partial charge in [0.05, 0.1) is 3.79 Å². The Hall–Kier alpha value is -1.92. The minimum Gasteiger partial charge on any atom is -0.453 e. The van der Waals surface area contributed by atoms with Crippen LogP contribution in [-0.2, 0) is 4.74 Å². The summed E-state index contributed by atoms with van der Waals surface area (Å²) in [5, 5.41) is 0.888. The number of benzene rings is 1. The van der Waals surface area contributed by atoms with E-state index in [-0.39, 0.29) is 18.2 Å². The molecule has 2 aromatic heterocycles. The maximum absolute atomic E-state index is 12.2. The van der Waals surface area contributed by atoms with Gasteiger partial charge in [0.1, 0.15) is 10.5 Å². The smallest absolute Gasteiger partial charge is 0.348 e. The SMILES string of the molecule is Cc1c(C(=O)COC(=O)c2ccc(Br)s2)oc2ccccc12. The van der Waals surface area contributed by atoms with E-state index in [1.807, 2.05) is 25.1 Å². The number of aryl methyl sites for hydroxylation is 1. The second kappa shape index (κ2) is 6.06. The highest BCUT2D eigenvalue weighted by Gasteiger charge is 2.19. The highest BCUT2D eigenvalue weighted by molar-refractivity contribution is 9.11. The van der Waals surface area contributed by atoms with Crippen LogP contribution >= 0.6 is 27.3 Å². The van der Waals surface area contributed by atoms with E-state index in [0.29, 0.717) is 10.5 Å². The molecule has 0 fully saturated rings. The van der Waals surface area contributed by atoms with Crippen molar-refractivity contribution in [2.75, 3.05) is 6.61 Å². The number of esters is 1. The maximum Gasteiger partial charge on any atom is 0.348 e. The fourth-order valence-electron chi connectivity index (χ4n) is 2.13. The number of para-hydroxylation sites is 1. The summed E-state index contributed by atoms with van der Waals surface area (Å²) in [6.45, 7) is 1.48. The molecule has 0 aliphatic carbocycles. The molecule has 0 saturated heterocycles. The van der Waals surface area contributed by atoms with E-state index in [9.17, 15) is 9.59 Å². The molecule has 0 amide bonds. The van der Waals surface area contributed by atoms with Crippen molar-refractivity contribution >= 4 is 50.0 Å². The zero-order valence-corrected chi connectivity index (χ0v) is 14.0. The van der Waals surface area contributed by atoms with Crippen molar-refractivity contribution in [3.05, 3.63) is 56.4 Å². The van der Waals surface area contributed by atoms with Crippen LogP contribution in [0.15, 0.2) is 44.6 Å². The molecule has 1 aromatic carbocycles. The van der Waals surface area contributed by atoms with Crippen molar-refractivity contribution in [3.63, 3.8) is 0 Å². The Morgan fingerprint density at radius 2 is 2.00 bits per heavy atom. The van der Waals surface area contributed by atoms with Crippen molar-refractivity contribution < 1.29 is 18.7 Å². The Morgan fingerprint density at radius 3 is 2.68 bits per heavy atom. The Bertz CT molecular complexity index is 862. The number of ketones is 1. The van der Waals surface area contributed by atoms with Crippen molar-refractivity contribution in [2.24, 2.45) is 0 Å². The molecule has 4 nitrogen and oxygen atoms in total. The zero-order chi connectivity index (χ0) is 15.7. The van der Waals surface area contributed by atoms with Crippen molar-refractivity contribution in [1.82, 2.24) is 0 Å². The number of carbonyl (C=O) groups is 2. The molecule has 0 N–H and O–H groups in total. The summed E-state index contributed by atoms with van der Waals surface area (Å²) in [7, 11) is 0. The summed E-state index contributed by atoms with van der Waals surface area (Å²) in [6.07, 6.45) is 0. The van der Waals surface area contributed by atoms with Gasteiger partial charge in [-0.15, -0.1) is 11.3 Å². The summed E-state index contributed by atoms with van der Waals surface area (Å²) in [5.41, 5.74) is 1.41. The molecule has 0 aliphatic rings. The van der Waals surface area contributed by atoms with E-state index in [2.05, 4.69) is 15.9 Å². The zero-order valence-electron chi connectivity index (χ0n) is 11.6. The van der Waals surface area contributed by atoms with Gasteiger partial charge in [-0.25, -0.2) is 4.79 Å². The highest BCUT2D eigenvalue weighted by atomic mass is 79.9. The van der Waals surface area contributed by atoms with Gasteiger partial charge in [-0.3, -0.25) is 4.79 Å². The van der Waals surface area contributed by atoms with Crippen LogP contribution in [0.4, 0.5) is 0 Å². The van der Waals surface area contributed by atoms with Crippen LogP contribution < -0.4 is 0 Å². The van der Waals surface area contributed by atoms with Crippen molar-refractivity contribution in [2.45, 2.75) is 6.92 Å². The molecular weight excluding hydrogens is 368 g/mol. The molecule has 0 unspecified atom stereocenters. The lowest BCUT2D eigenvalue weighted by molar-refractivity contribution is 0.0473. The van der Waals surface area contributed by atoms with Crippen LogP contribution in [0.1, 0.15) is 25.8 Å². The molecule has 112 valence electrons. The van der Waals surface area contributed by atoms with Gasteiger partial charge >= 0.3 is 5.97 Å². The number of hydrogen-bond acceptors (Lipinski definition) is 5. The largest absolute Gasteiger partial charge is 0.453 e. The molecule has 0 atom stereocenters. The first kappa shape index (κ1) is 15.0. The second-order valence-electron chi connectivity index (χ2n) is 4.66. The molecule has 0 radical (unpaired) electrons. The fraction of sp³-hybridized carbons (Fsp3) is 0.125. The number of ether oxygens (including phenoxy) is 1. The predicted molar refractivity (Wildman–Crippen MR) is 87.6 cm³/mol. The third-order valence-corrected chi connectivity index (χ3v) is 4.81. The van der Waals surface area contributed by atoms with E-state index in [0.717, 1.165) is 14.7 Å². The fourth-order valence-corrected chi connectivity index (χ4v) is 3.41. The van der Waals surface area contributed by atoms with Crippen molar-refractivity contribution in [1.29, 1.82) is 0 Å². The van der Waals surface area contributed by atoms with Crippen LogP contribution in [0.2, 0.25) is 0 Å². The average molecular weight is 379 g/mol. The molecule has 0 aliphatic heterocycles. The number of fused-ring (bicyclic) bond motifs is 1. The van der Waals surface area contributed by atoms with E-state index in [1.54, 1.807) is 18.2 Å². The Morgan fingerprint density at radius 1 is 1.23 bits per heavy atom. The second-order valence-corrected chi connectivity index (χ2v) is 7.12. The number of Topliss-reactive ketones (excluding diaryl/α,β-unsaturated/α-hetero) is 1. The normalized spacial score (nSPS) is 10.8. The first-order valence-corrected chi connectivity index (χ1v) is 8.11. The van der Waals surface area contributed by atoms with Crippen molar-refractivity contribution in [3.8, 4) is 0 Å². The molecular formula is C16H11BrO4S. The lowest BCUT2D eigenvalue weighted by atomic mass is 10.1. The summed E-state index contributed by atoms with van der Waals surface area (Å²) < 4.78 is 11.4. The van der Waals surface area contributed by atoms with E-state index in [1.165, 1.54) is 11.3 Å². The number of carbonyl (C=O) groups excluding carboxylic acids is 2. The molecule has 22 heavy (non-hydrogen) atoms. The minimum atomic E-state index is -0.516. The van der Waals surface area contributed by atoms with Gasteiger partial charge in [0.25, 0.3) is 0 Å². The molecule has 6 heteroatoms. The van der Waals surface area contributed by atoms with Gasteiger partial charge < -0.3 is 9.15 Å². The monoisotopic (exact) mass is 378 g/mol. The third kappa shape index (κ3) is 2.84. The summed E-state index contributed by atoms with van der Waals surface area (Å²) >= 11 is 4.53. The van der Waals surface area contributed by atoms with Gasteiger partial charge in [-0.05, 0) is 41.1 Å². The van der Waals surface area contributed by atoms with E-state index in [4.69, 9.17) is 9.15 Å². The molecule has 3 rings (SSSR count). The lowest BCUT2D eigenvalue weighted by Crippen LogP contribution is -2.13. The van der Waals surface area contributed by atoms with Gasteiger partial charge in [-0.1, -0.05) is 18.2 Å². The van der Waals surface area contributed by atoms with Crippen LogP contribution in [0, 0.1) is 6.92 Å². The number of furan rings is 1. The summed E-state index contributed by atoms with van der Waals surface area (Å²) in [4.78, 5) is 24.5. The van der Waals surface area contributed by atoms with Crippen LogP contribution in [0.3, 0.4) is 0 Å². The van der Waals surface area contributed by atoms with Crippen LogP contribution in [-0.4, -0.2) is 18.4 Å². The minimum absolute atomic E-state index is 0.237. The number of rotatable bonds is 4. The maximum atomic E-state index is 12.2. The Balaban J connectivity index is 1.73. The van der Waals surface area contributed by atoms with Crippen LogP contribution in [0.25, 0.3) is 11.0 Å². The van der Waals surface area contributed by atoms with Gasteiger partial charge in [0, 0.05) is 10.9 Å². The Labute approximate surface area is 138 Å². The summed E-state index contributed by atoms with van der Waals surface area (Å²) in [5.74, 6) is -0.628. The molecule has 0 saturated carbocycles. The number of hydrogen-bond donors (Lipinski definition) is 0. The first-order valence-electron chi connectivity index (χ1n) is 6.50. The first-order chi connectivity index (χ1) is 10.6. The van der Waals surface area contributed by atoms with Gasteiger partial charge in [0.15, 0.2) is 12.4 Å².